The smallest absolute Gasteiger partial charge is 0.315 e. The Morgan fingerprint density at radius 2 is 1.67 bits per heavy atom. The molecule has 0 unspecified atom stereocenters. The number of nitrogens with zero attached hydrogens (tertiary/aromatic N) is 9. The molecular weight excluding hydrogens is 685 g/mol. The first kappa shape index (κ1) is 35.1. The Bertz CT molecular complexity index is 2120. The molecule has 6 aromatic rings. The molecule has 5 atom stereocenters. The third-order valence-corrected chi connectivity index (χ3v) is 10.5. The van der Waals surface area contributed by atoms with Gasteiger partial charge in [0.05, 0.1) is 24.3 Å². The van der Waals surface area contributed by atoms with Crippen LogP contribution in [0.1, 0.15) is 60.2 Å². The summed E-state index contributed by atoms with van der Waals surface area (Å²) in [6.45, 7) is 4.07. The average molecular weight is 729 g/mol. The minimum atomic E-state index is -1.11. The number of imidazole rings is 1. The van der Waals surface area contributed by atoms with Gasteiger partial charge >= 0.3 is 6.03 Å². The Kier molecular flexibility index (Phi) is 10.1. The summed E-state index contributed by atoms with van der Waals surface area (Å²) in [5.41, 5.74) is 5.19. The first-order valence-electron chi connectivity index (χ1n) is 18.5. The minimum absolute atomic E-state index is 0.0242. The van der Waals surface area contributed by atoms with E-state index in [1.165, 1.54) is 4.80 Å². The number of fused-ring (bicyclic) bond motifs is 1. The number of nitrogens with one attached hydrogen (secondary N) is 3. The van der Waals surface area contributed by atoms with Crippen LogP contribution in [0.25, 0.3) is 11.2 Å². The number of anilines is 2. The zero-order valence-electron chi connectivity index (χ0n) is 30.0. The maximum Gasteiger partial charge on any atom is 0.315 e. The number of carbonyl (C=O) groups excluding carboxylic acids is 1. The van der Waals surface area contributed by atoms with Gasteiger partial charge in [-0.2, -0.15) is 25.0 Å². The van der Waals surface area contributed by atoms with Gasteiger partial charge in [0.25, 0.3) is 0 Å². The summed E-state index contributed by atoms with van der Waals surface area (Å²) in [4.78, 5) is 35.3. The van der Waals surface area contributed by atoms with E-state index < -0.39 is 24.3 Å². The first-order chi connectivity index (χ1) is 26.4. The lowest BCUT2D eigenvalue weighted by molar-refractivity contribution is 0.00497. The maximum atomic E-state index is 12.8. The molecule has 0 radical (unpaired) electrons. The number of pyridine rings is 1. The van der Waals surface area contributed by atoms with Crippen LogP contribution in [0.2, 0.25) is 0 Å². The highest BCUT2D eigenvalue weighted by molar-refractivity contribution is 5.84. The summed E-state index contributed by atoms with van der Waals surface area (Å²) < 4.78 is 1.84. The highest BCUT2D eigenvalue weighted by Gasteiger charge is 2.45. The average Bonchev–Trinajstić information content (AvgIpc) is 4.03. The van der Waals surface area contributed by atoms with Crippen molar-refractivity contribution in [1.29, 1.82) is 0 Å². The lowest BCUT2D eigenvalue weighted by Crippen LogP contribution is -2.43. The number of hydrogen-bond acceptors (Lipinski definition) is 11. The molecule has 278 valence electrons. The van der Waals surface area contributed by atoms with Crippen molar-refractivity contribution < 1.29 is 15.0 Å². The number of aromatic nitrogens is 8. The summed E-state index contributed by atoms with van der Waals surface area (Å²) in [6.07, 6.45) is 6.37. The molecule has 0 spiro atoms. The van der Waals surface area contributed by atoms with E-state index >= 15 is 0 Å². The minimum Gasteiger partial charge on any atom is -0.388 e. The van der Waals surface area contributed by atoms with Crippen molar-refractivity contribution in [2.75, 3.05) is 29.9 Å². The molecule has 2 fully saturated rings. The van der Waals surface area contributed by atoms with E-state index in [0.29, 0.717) is 62.0 Å². The number of hydrogen-bond donors (Lipinski definition) is 5. The molecule has 4 aromatic heterocycles. The Morgan fingerprint density at radius 1 is 0.944 bits per heavy atom. The monoisotopic (exact) mass is 728 g/mol. The molecule has 0 bridgehead atoms. The quantitative estimate of drug-likeness (QED) is 0.124. The molecule has 2 aliphatic rings. The van der Waals surface area contributed by atoms with Crippen LogP contribution in [0.3, 0.4) is 0 Å². The van der Waals surface area contributed by atoms with Crippen LogP contribution >= 0.6 is 0 Å². The number of amides is 2. The SMILES string of the molecule is CCc1cnn([C@H]2C[C@@H](n3cnc4c(NCC(c5ccccc5)c5ccccc5)nc(N5CC[C@H](NC(=O)NCc6ccncc6)C5)nc43)[C@H](O)[C@@H]2O)n1. The van der Waals surface area contributed by atoms with Gasteiger partial charge in [-0.3, -0.25) is 4.98 Å². The van der Waals surface area contributed by atoms with E-state index in [9.17, 15) is 15.0 Å². The number of carbonyl (C=O) groups is 1. The fourth-order valence-electron chi connectivity index (χ4n) is 7.51. The van der Waals surface area contributed by atoms with E-state index in [0.717, 1.165) is 28.8 Å². The zero-order chi connectivity index (χ0) is 37.0. The second-order valence-electron chi connectivity index (χ2n) is 13.9. The summed E-state index contributed by atoms with van der Waals surface area (Å²) in [6, 6.07) is 23.0. The van der Waals surface area contributed by atoms with Gasteiger partial charge < -0.3 is 35.6 Å². The maximum absolute atomic E-state index is 12.8. The van der Waals surface area contributed by atoms with Gasteiger partial charge in [-0.1, -0.05) is 67.6 Å². The van der Waals surface area contributed by atoms with Gasteiger partial charge in [0.1, 0.15) is 18.2 Å². The molecule has 8 rings (SSSR count). The standard InChI is InChI=1S/C39H44N12O3/c1-2-28-21-44-51(48-28)32-19-31(34(52)35(32)53)50-24-43-33-36(41-22-30(26-9-5-3-6-10-26)27-11-7-4-8-12-27)46-38(47-37(33)50)49-18-15-29(23-49)45-39(54)42-20-25-13-16-40-17-14-25/h3-14,16-17,21,24,29-32,34-35,52-53H,2,15,18-20,22-23H2,1H3,(H,41,46,47)(H2,42,45,54)/t29-,31+,32-,34-,35+/m0/s1. The van der Waals surface area contributed by atoms with Crippen LogP contribution in [0.4, 0.5) is 16.6 Å². The molecular formula is C39H44N12O3. The molecule has 1 aliphatic heterocycles. The fraction of sp³-hybridized carbons (Fsp3) is 0.359. The topological polar surface area (TPSA) is 184 Å². The summed E-state index contributed by atoms with van der Waals surface area (Å²) in [5, 5.41) is 41.2. The molecule has 54 heavy (non-hydrogen) atoms. The van der Waals surface area contributed by atoms with Crippen molar-refractivity contribution in [2.45, 2.75) is 69.0 Å². The van der Waals surface area contributed by atoms with Crippen molar-refractivity contribution in [1.82, 2.24) is 50.1 Å². The Morgan fingerprint density at radius 3 is 2.37 bits per heavy atom. The van der Waals surface area contributed by atoms with Crippen molar-refractivity contribution >= 4 is 29.0 Å². The Hall–Kier alpha value is -5.93. The van der Waals surface area contributed by atoms with Crippen LogP contribution in [0.5, 0.6) is 0 Å². The molecule has 1 aliphatic carbocycles. The largest absolute Gasteiger partial charge is 0.388 e. The van der Waals surface area contributed by atoms with Crippen molar-refractivity contribution in [2.24, 2.45) is 0 Å². The van der Waals surface area contributed by atoms with Crippen LogP contribution in [0.15, 0.2) is 97.7 Å². The number of aliphatic hydroxyl groups excluding tert-OH is 2. The lowest BCUT2D eigenvalue weighted by Gasteiger charge is -2.22. The van der Waals surface area contributed by atoms with E-state index in [2.05, 4.69) is 60.3 Å². The van der Waals surface area contributed by atoms with Crippen molar-refractivity contribution in [3.63, 3.8) is 0 Å². The van der Waals surface area contributed by atoms with Gasteiger partial charge in [0.15, 0.2) is 17.0 Å². The predicted octanol–water partition coefficient (Wildman–Crippen LogP) is 3.61. The summed E-state index contributed by atoms with van der Waals surface area (Å²) in [5.74, 6) is 1.06. The Balaban J connectivity index is 1.08. The van der Waals surface area contributed by atoms with Crippen molar-refractivity contribution in [3.05, 3.63) is 120 Å². The highest BCUT2D eigenvalue weighted by atomic mass is 16.3. The van der Waals surface area contributed by atoms with Crippen LogP contribution in [-0.4, -0.2) is 93.6 Å². The van der Waals surface area contributed by atoms with Gasteiger partial charge in [0, 0.05) is 50.5 Å². The first-order valence-corrected chi connectivity index (χ1v) is 18.5. The van der Waals surface area contributed by atoms with E-state index in [4.69, 9.17) is 15.0 Å². The lowest BCUT2D eigenvalue weighted by atomic mass is 9.91. The second kappa shape index (κ2) is 15.6. The summed E-state index contributed by atoms with van der Waals surface area (Å²) >= 11 is 0. The second-order valence-corrected chi connectivity index (χ2v) is 13.9. The van der Waals surface area contributed by atoms with E-state index in [-0.39, 0.29) is 18.0 Å². The number of aryl methyl sites for hydroxylation is 1. The molecule has 5 heterocycles. The van der Waals surface area contributed by atoms with E-state index in [1.54, 1.807) is 24.9 Å². The number of rotatable bonds is 12. The van der Waals surface area contributed by atoms with Crippen LogP contribution in [0, 0.1) is 0 Å². The Labute approximate surface area is 312 Å². The van der Waals surface area contributed by atoms with Gasteiger partial charge in [-0.25, -0.2) is 9.78 Å². The number of benzene rings is 2. The number of aliphatic hydroxyl groups is 2. The molecule has 2 amide bonds. The van der Waals surface area contributed by atoms with E-state index in [1.807, 2.05) is 60.0 Å². The molecule has 5 N–H and O–H groups in total. The molecule has 15 heteroatoms. The third kappa shape index (κ3) is 7.32. The van der Waals surface area contributed by atoms with Gasteiger partial charge in [-0.15, -0.1) is 0 Å². The van der Waals surface area contributed by atoms with Crippen molar-refractivity contribution in [3.8, 4) is 0 Å². The summed E-state index contributed by atoms with van der Waals surface area (Å²) in [7, 11) is 0. The molecule has 1 saturated heterocycles. The molecule has 1 saturated carbocycles. The normalized spacial score (nSPS) is 21.2. The highest BCUT2D eigenvalue weighted by Crippen LogP contribution is 2.40. The molecule has 2 aromatic carbocycles. The predicted molar refractivity (Wildman–Crippen MR) is 203 cm³/mol. The molecule has 15 nitrogen and oxygen atoms in total. The van der Waals surface area contributed by atoms with Gasteiger partial charge in [-0.05, 0) is 48.1 Å². The van der Waals surface area contributed by atoms with Crippen LogP contribution < -0.4 is 20.9 Å². The van der Waals surface area contributed by atoms with Crippen LogP contribution in [-0.2, 0) is 13.0 Å². The van der Waals surface area contributed by atoms with Gasteiger partial charge in [0.2, 0.25) is 5.95 Å². The number of urea groups is 1. The third-order valence-electron chi connectivity index (χ3n) is 10.5. The fourth-order valence-corrected chi connectivity index (χ4v) is 7.51. The zero-order valence-corrected chi connectivity index (χ0v) is 30.0.